The highest BCUT2D eigenvalue weighted by Crippen LogP contribution is 2.27. The first-order chi connectivity index (χ1) is 7.90. The molecule has 96 valence electrons. The van der Waals surface area contributed by atoms with Crippen LogP contribution in [0.5, 0.6) is 5.75 Å². The van der Waals surface area contributed by atoms with Crippen LogP contribution in [0, 0.1) is 0 Å². The molecule has 0 fully saturated rings. The van der Waals surface area contributed by atoms with Gasteiger partial charge in [-0.25, -0.2) is 13.1 Å². The summed E-state index contributed by atoms with van der Waals surface area (Å²) in [5.41, 5.74) is 0. The average Bonchev–Trinajstić information content (AvgIpc) is 2.28. The van der Waals surface area contributed by atoms with E-state index in [4.69, 9.17) is 16.3 Å². The summed E-state index contributed by atoms with van der Waals surface area (Å²) in [5.74, 6) is 0.283. The molecule has 0 aromatic heterocycles. The second kappa shape index (κ2) is 5.71. The maximum Gasteiger partial charge on any atom is 0.244 e. The molecule has 0 saturated heterocycles. The van der Waals surface area contributed by atoms with Crippen LogP contribution in [0.15, 0.2) is 23.1 Å². The third kappa shape index (κ3) is 3.59. The highest BCUT2D eigenvalue weighted by molar-refractivity contribution is 7.89. The first-order valence-electron chi connectivity index (χ1n) is 5.26. The van der Waals surface area contributed by atoms with Crippen LogP contribution >= 0.6 is 11.6 Å². The van der Waals surface area contributed by atoms with Crippen LogP contribution in [0.4, 0.5) is 0 Å². The summed E-state index contributed by atoms with van der Waals surface area (Å²) in [7, 11) is -2.17. The largest absolute Gasteiger partial charge is 0.495 e. The maximum atomic E-state index is 12.1. The van der Waals surface area contributed by atoms with Crippen LogP contribution in [-0.2, 0) is 10.0 Å². The molecule has 0 aliphatic rings. The predicted octanol–water partition coefficient (Wildman–Crippen LogP) is 2.43. The van der Waals surface area contributed by atoms with Crippen molar-refractivity contribution >= 4 is 21.6 Å². The van der Waals surface area contributed by atoms with Gasteiger partial charge in [0.05, 0.1) is 7.11 Å². The van der Waals surface area contributed by atoms with E-state index in [1.165, 1.54) is 19.2 Å². The standard InChI is InChI=1S/C11H16ClNO3S/c1-4-8(2)13-17(14,15)11-7-9(12)5-6-10(11)16-3/h5-8,13H,4H2,1-3H3/t8-/m1/s1. The Labute approximate surface area is 107 Å². The summed E-state index contributed by atoms with van der Waals surface area (Å²) < 4.78 is 31.7. The molecular weight excluding hydrogens is 262 g/mol. The SMILES string of the molecule is CC[C@@H](C)NS(=O)(=O)c1cc(Cl)ccc1OC. The molecule has 0 unspecified atom stereocenters. The van der Waals surface area contributed by atoms with Gasteiger partial charge in [-0.05, 0) is 31.5 Å². The summed E-state index contributed by atoms with van der Waals surface area (Å²) >= 11 is 5.80. The molecule has 17 heavy (non-hydrogen) atoms. The molecule has 1 N–H and O–H groups in total. The Morgan fingerprint density at radius 1 is 1.47 bits per heavy atom. The minimum atomic E-state index is -3.60. The van der Waals surface area contributed by atoms with Gasteiger partial charge in [0, 0.05) is 11.1 Å². The summed E-state index contributed by atoms with van der Waals surface area (Å²) in [6.07, 6.45) is 0.710. The fourth-order valence-electron chi connectivity index (χ4n) is 1.27. The van der Waals surface area contributed by atoms with Crippen molar-refractivity contribution < 1.29 is 13.2 Å². The fourth-order valence-corrected chi connectivity index (χ4v) is 3.03. The zero-order chi connectivity index (χ0) is 13.1. The van der Waals surface area contributed by atoms with Crippen molar-refractivity contribution in [1.82, 2.24) is 4.72 Å². The van der Waals surface area contributed by atoms with Crippen molar-refractivity contribution in [3.05, 3.63) is 23.2 Å². The van der Waals surface area contributed by atoms with E-state index >= 15 is 0 Å². The van der Waals surface area contributed by atoms with Crippen molar-refractivity contribution in [3.8, 4) is 5.75 Å². The average molecular weight is 278 g/mol. The van der Waals surface area contributed by atoms with Crippen molar-refractivity contribution in [1.29, 1.82) is 0 Å². The Balaban J connectivity index is 3.18. The molecule has 1 atom stereocenters. The van der Waals surface area contributed by atoms with E-state index in [2.05, 4.69) is 4.72 Å². The zero-order valence-electron chi connectivity index (χ0n) is 10.0. The summed E-state index contributed by atoms with van der Waals surface area (Å²) in [5, 5.41) is 0.357. The Bertz CT molecular complexity index is 487. The van der Waals surface area contributed by atoms with Gasteiger partial charge in [-0.15, -0.1) is 0 Å². The molecule has 0 heterocycles. The second-order valence-electron chi connectivity index (χ2n) is 3.73. The summed E-state index contributed by atoms with van der Waals surface area (Å²) in [6, 6.07) is 4.37. The molecule has 0 radical (unpaired) electrons. The molecular formula is C11H16ClNO3S. The number of hydrogen-bond acceptors (Lipinski definition) is 3. The normalized spacial score (nSPS) is 13.4. The Morgan fingerprint density at radius 3 is 2.65 bits per heavy atom. The van der Waals surface area contributed by atoms with Gasteiger partial charge in [0.2, 0.25) is 10.0 Å². The van der Waals surface area contributed by atoms with Crippen LogP contribution in [0.1, 0.15) is 20.3 Å². The van der Waals surface area contributed by atoms with E-state index in [9.17, 15) is 8.42 Å². The van der Waals surface area contributed by atoms with E-state index in [1.807, 2.05) is 6.92 Å². The van der Waals surface area contributed by atoms with E-state index in [0.29, 0.717) is 11.4 Å². The van der Waals surface area contributed by atoms with Crippen LogP contribution in [-0.4, -0.2) is 21.6 Å². The monoisotopic (exact) mass is 277 g/mol. The Morgan fingerprint density at radius 2 is 2.12 bits per heavy atom. The lowest BCUT2D eigenvalue weighted by molar-refractivity contribution is 0.402. The molecule has 0 bridgehead atoms. The molecule has 0 aliphatic carbocycles. The number of halogens is 1. The number of ether oxygens (including phenoxy) is 1. The minimum absolute atomic E-state index is 0.0628. The highest BCUT2D eigenvalue weighted by atomic mass is 35.5. The highest BCUT2D eigenvalue weighted by Gasteiger charge is 2.21. The van der Waals surface area contributed by atoms with Crippen LogP contribution < -0.4 is 9.46 Å². The number of benzene rings is 1. The Hall–Kier alpha value is -0.780. The predicted molar refractivity (Wildman–Crippen MR) is 68.1 cm³/mol. The Kier molecular flexibility index (Phi) is 4.80. The van der Waals surface area contributed by atoms with Crippen molar-refractivity contribution in [2.45, 2.75) is 31.2 Å². The van der Waals surface area contributed by atoms with Gasteiger partial charge in [0.25, 0.3) is 0 Å². The molecule has 6 heteroatoms. The van der Waals surface area contributed by atoms with Gasteiger partial charge >= 0.3 is 0 Å². The van der Waals surface area contributed by atoms with Crippen molar-refractivity contribution in [2.24, 2.45) is 0 Å². The van der Waals surface area contributed by atoms with Crippen molar-refractivity contribution in [2.75, 3.05) is 7.11 Å². The van der Waals surface area contributed by atoms with Crippen LogP contribution in [0.25, 0.3) is 0 Å². The van der Waals surface area contributed by atoms with Crippen molar-refractivity contribution in [3.63, 3.8) is 0 Å². The van der Waals surface area contributed by atoms with E-state index in [1.54, 1.807) is 13.0 Å². The van der Waals surface area contributed by atoms with Gasteiger partial charge in [-0.2, -0.15) is 0 Å². The molecule has 4 nitrogen and oxygen atoms in total. The minimum Gasteiger partial charge on any atom is -0.495 e. The quantitative estimate of drug-likeness (QED) is 0.899. The lowest BCUT2D eigenvalue weighted by Crippen LogP contribution is -2.32. The first-order valence-corrected chi connectivity index (χ1v) is 7.12. The summed E-state index contributed by atoms with van der Waals surface area (Å²) in [6.45, 7) is 3.71. The van der Waals surface area contributed by atoms with E-state index in [-0.39, 0.29) is 16.7 Å². The molecule has 0 saturated carbocycles. The van der Waals surface area contributed by atoms with E-state index in [0.717, 1.165) is 0 Å². The second-order valence-corrected chi connectivity index (χ2v) is 5.84. The molecule has 0 spiro atoms. The maximum absolute atomic E-state index is 12.1. The van der Waals surface area contributed by atoms with Gasteiger partial charge in [0.1, 0.15) is 10.6 Å². The fraction of sp³-hybridized carbons (Fsp3) is 0.455. The van der Waals surface area contributed by atoms with Gasteiger partial charge < -0.3 is 4.74 Å². The molecule has 1 rings (SSSR count). The smallest absolute Gasteiger partial charge is 0.244 e. The number of rotatable bonds is 5. The third-order valence-electron chi connectivity index (χ3n) is 2.38. The zero-order valence-corrected chi connectivity index (χ0v) is 11.6. The molecule has 0 aliphatic heterocycles. The van der Waals surface area contributed by atoms with Gasteiger partial charge in [0.15, 0.2) is 0 Å². The molecule has 1 aromatic rings. The lowest BCUT2D eigenvalue weighted by Gasteiger charge is -2.14. The van der Waals surface area contributed by atoms with Gasteiger partial charge in [-0.3, -0.25) is 0 Å². The number of methoxy groups -OCH3 is 1. The van der Waals surface area contributed by atoms with Crippen LogP contribution in [0.3, 0.4) is 0 Å². The summed E-state index contributed by atoms with van der Waals surface area (Å²) in [4.78, 5) is 0.0628. The number of sulfonamides is 1. The molecule has 0 amide bonds. The van der Waals surface area contributed by atoms with E-state index < -0.39 is 10.0 Å². The number of nitrogens with one attached hydrogen (secondary N) is 1. The lowest BCUT2D eigenvalue weighted by atomic mass is 10.3. The molecule has 1 aromatic carbocycles. The van der Waals surface area contributed by atoms with Gasteiger partial charge in [-0.1, -0.05) is 18.5 Å². The first kappa shape index (κ1) is 14.3. The topological polar surface area (TPSA) is 55.4 Å². The third-order valence-corrected chi connectivity index (χ3v) is 4.23. The van der Waals surface area contributed by atoms with Crippen LogP contribution in [0.2, 0.25) is 5.02 Å². The number of hydrogen-bond donors (Lipinski definition) is 1.